The molecule has 0 N–H and O–H groups in total. The molecule has 2 aromatic carbocycles. The molecule has 0 aromatic heterocycles. The molecular formula is C20H24N2O3S. The molecule has 0 spiro atoms. The summed E-state index contributed by atoms with van der Waals surface area (Å²) in [4.78, 5) is 2.68. The lowest BCUT2D eigenvalue weighted by atomic mass is 10.0. The molecule has 0 atom stereocenters. The van der Waals surface area contributed by atoms with Gasteiger partial charge in [0.15, 0.2) is 0 Å². The van der Waals surface area contributed by atoms with E-state index in [-0.39, 0.29) is 0 Å². The molecule has 0 unspecified atom stereocenters. The molecule has 0 radical (unpaired) electrons. The fraction of sp³-hybridized carbons (Fsp3) is 0.400. The zero-order valence-electron chi connectivity index (χ0n) is 15.0. The van der Waals surface area contributed by atoms with E-state index in [9.17, 15) is 8.42 Å². The van der Waals surface area contributed by atoms with Crippen LogP contribution in [0.25, 0.3) is 0 Å². The van der Waals surface area contributed by atoms with Crippen LogP contribution in [0.1, 0.15) is 24.0 Å². The Bertz CT molecular complexity index is 889. The molecule has 4 rings (SSSR count). The Balaban J connectivity index is 1.48. The van der Waals surface area contributed by atoms with Crippen molar-refractivity contribution in [1.29, 1.82) is 0 Å². The standard InChI is InChI=1S/C20H24N2O3S/c1-16-5-4-7-19(13-16)26(23,24)21-11-9-18(10-12-21)22-15-25-14-17-6-2-3-8-20(17)22/h2-8,13,18H,9-12,14-15H2,1H3. The number of anilines is 1. The lowest BCUT2D eigenvalue weighted by molar-refractivity contribution is 0.0988. The number of rotatable bonds is 3. The minimum absolute atomic E-state index is 0.306. The number of benzene rings is 2. The van der Waals surface area contributed by atoms with Crippen molar-refractivity contribution in [3.05, 3.63) is 59.7 Å². The third kappa shape index (κ3) is 3.24. The van der Waals surface area contributed by atoms with Crippen molar-refractivity contribution in [3.8, 4) is 0 Å². The molecule has 6 heteroatoms. The van der Waals surface area contributed by atoms with Gasteiger partial charge in [0.1, 0.15) is 6.73 Å². The van der Waals surface area contributed by atoms with E-state index in [1.165, 1.54) is 11.3 Å². The van der Waals surface area contributed by atoms with Crippen molar-refractivity contribution >= 4 is 15.7 Å². The molecule has 2 aromatic rings. The van der Waals surface area contributed by atoms with Crippen molar-refractivity contribution in [3.63, 3.8) is 0 Å². The van der Waals surface area contributed by atoms with Crippen LogP contribution in [0.4, 0.5) is 5.69 Å². The first-order chi connectivity index (χ1) is 12.6. The summed E-state index contributed by atoms with van der Waals surface area (Å²) in [5, 5.41) is 0. The smallest absolute Gasteiger partial charge is 0.243 e. The molecule has 5 nitrogen and oxygen atoms in total. The summed E-state index contributed by atoms with van der Waals surface area (Å²) >= 11 is 0. The number of hydrogen-bond donors (Lipinski definition) is 0. The number of aryl methyl sites for hydroxylation is 1. The highest BCUT2D eigenvalue weighted by molar-refractivity contribution is 7.89. The van der Waals surface area contributed by atoms with Gasteiger partial charge in [0.25, 0.3) is 0 Å². The van der Waals surface area contributed by atoms with E-state index in [0.717, 1.165) is 18.4 Å². The van der Waals surface area contributed by atoms with Crippen LogP contribution < -0.4 is 4.90 Å². The Morgan fingerprint density at radius 3 is 2.58 bits per heavy atom. The van der Waals surface area contributed by atoms with Crippen molar-refractivity contribution in [1.82, 2.24) is 4.31 Å². The topological polar surface area (TPSA) is 49.9 Å². The number of sulfonamides is 1. The first-order valence-electron chi connectivity index (χ1n) is 9.05. The Labute approximate surface area is 155 Å². The molecule has 0 saturated carbocycles. The molecule has 1 fully saturated rings. The molecule has 2 heterocycles. The zero-order valence-corrected chi connectivity index (χ0v) is 15.8. The quantitative estimate of drug-likeness (QED) is 0.831. The van der Waals surface area contributed by atoms with Gasteiger partial charge in [-0.25, -0.2) is 8.42 Å². The average molecular weight is 372 g/mol. The second-order valence-electron chi connectivity index (χ2n) is 7.03. The highest BCUT2D eigenvalue weighted by Crippen LogP contribution is 2.31. The molecule has 1 saturated heterocycles. The van der Waals surface area contributed by atoms with Crippen LogP contribution in [0, 0.1) is 6.92 Å². The Morgan fingerprint density at radius 1 is 1.04 bits per heavy atom. The van der Waals surface area contributed by atoms with E-state index in [0.29, 0.717) is 37.4 Å². The van der Waals surface area contributed by atoms with Gasteiger partial charge in [0.2, 0.25) is 10.0 Å². The van der Waals surface area contributed by atoms with E-state index in [1.807, 2.05) is 19.1 Å². The Kier molecular flexibility index (Phi) is 4.73. The number of piperidine rings is 1. The summed E-state index contributed by atoms with van der Waals surface area (Å²) in [7, 11) is -3.42. The van der Waals surface area contributed by atoms with Crippen LogP contribution in [0.15, 0.2) is 53.4 Å². The second kappa shape index (κ2) is 7.02. The molecule has 26 heavy (non-hydrogen) atoms. The predicted molar refractivity (Wildman–Crippen MR) is 102 cm³/mol. The van der Waals surface area contributed by atoms with Gasteiger partial charge < -0.3 is 9.64 Å². The molecular weight excluding hydrogens is 348 g/mol. The number of nitrogens with zero attached hydrogens (tertiary/aromatic N) is 2. The minimum Gasteiger partial charge on any atom is -0.356 e. The number of ether oxygens (including phenoxy) is 1. The van der Waals surface area contributed by atoms with Crippen molar-refractivity contribution in [2.75, 3.05) is 24.7 Å². The van der Waals surface area contributed by atoms with Gasteiger partial charge >= 0.3 is 0 Å². The van der Waals surface area contributed by atoms with Crippen LogP contribution in [0.3, 0.4) is 0 Å². The molecule has 0 amide bonds. The number of para-hydroxylation sites is 1. The van der Waals surface area contributed by atoms with Gasteiger partial charge in [-0.05, 0) is 43.5 Å². The van der Waals surface area contributed by atoms with Gasteiger partial charge in [0.05, 0.1) is 11.5 Å². The first-order valence-corrected chi connectivity index (χ1v) is 10.5. The van der Waals surface area contributed by atoms with Crippen molar-refractivity contribution < 1.29 is 13.2 Å². The van der Waals surface area contributed by atoms with Gasteiger partial charge in [-0.15, -0.1) is 0 Å². The summed E-state index contributed by atoms with van der Waals surface area (Å²) in [5.74, 6) is 0. The highest BCUT2D eigenvalue weighted by atomic mass is 32.2. The highest BCUT2D eigenvalue weighted by Gasteiger charge is 2.33. The first kappa shape index (κ1) is 17.5. The largest absolute Gasteiger partial charge is 0.356 e. The van der Waals surface area contributed by atoms with E-state index in [1.54, 1.807) is 22.5 Å². The Hall–Kier alpha value is -1.89. The van der Waals surface area contributed by atoms with Gasteiger partial charge in [-0.3, -0.25) is 0 Å². The summed E-state index contributed by atoms with van der Waals surface area (Å²) in [6.45, 7) is 4.22. The van der Waals surface area contributed by atoms with E-state index < -0.39 is 10.0 Å². The number of hydrogen-bond acceptors (Lipinski definition) is 4. The molecule has 0 aliphatic carbocycles. The van der Waals surface area contributed by atoms with Crippen molar-refractivity contribution in [2.45, 2.75) is 37.3 Å². The maximum Gasteiger partial charge on any atom is 0.243 e. The maximum atomic E-state index is 12.9. The molecule has 0 bridgehead atoms. The lowest BCUT2D eigenvalue weighted by Gasteiger charge is -2.41. The van der Waals surface area contributed by atoms with Crippen molar-refractivity contribution in [2.24, 2.45) is 0 Å². The Morgan fingerprint density at radius 2 is 1.81 bits per heavy atom. The normalized spacial score (nSPS) is 19.3. The molecule has 138 valence electrons. The summed E-state index contributed by atoms with van der Waals surface area (Å²) in [6.07, 6.45) is 1.62. The maximum absolute atomic E-state index is 12.9. The minimum atomic E-state index is -3.42. The van der Waals surface area contributed by atoms with Crippen LogP contribution in [-0.2, 0) is 21.4 Å². The predicted octanol–water partition coefficient (Wildman–Crippen LogP) is 3.14. The third-order valence-corrected chi connectivity index (χ3v) is 7.18. The van der Waals surface area contributed by atoms with Gasteiger partial charge in [0, 0.05) is 30.4 Å². The van der Waals surface area contributed by atoms with E-state index >= 15 is 0 Å². The molecule has 2 aliphatic rings. The zero-order chi connectivity index (χ0) is 18.1. The third-order valence-electron chi connectivity index (χ3n) is 5.28. The van der Waals surface area contributed by atoms with Crippen LogP contribution in [-0.4, -0.2) is 38.6 Å². The SMILES string of the molecule is Cc1cccc(S(=O)(=O)N2CCC(N3COCc4ccccc43)CC2)c1. The van der Waals surface area contributed by atoms with E-state index in [2.05, 4.69) is 23.1 Å². The monoisotopic (exact) mass is 372 g/mol. The summed E-state index contributed by atoms with van der Waals surface area (Å²) < 4.78 is 33.2. The fourth-order valence-corrected chi connectivity index (χ4v) is 5.43. The second-order valence-corrected chi connectivity index (χ2v) is 8.97. The average Bonchev–Trinajstić information content (AvgIpc) is 2.68. The summed E-state index contributed by atoms with van der Waals surface area (Å²) in [6, 6.07) is 15.8. The fourth-order valence-electron chi connectivity index (χ4n) is 3.86. The van der Waals surface area contributed by atoms with Crippen LogP contribution in [0.5, 0.6) is 0 Å². The van der Waals surface area contributed by atoms with Crippen LogP contribution in [0.2, 0.25) is 0 Å². The van der Waals surface area contributed by atoms with Gasteiger partial charge in [-0.1, -0.05) is 30.3 Å². The molecule has 2 aliphatic heterocycles. The summed E-state index contributed by atoms with van der Waals surface area (Å²) in [5.41, 5.74) is 3.38. The lowest BCUT2D eigenvalue weighted by Crippen LogP contribution is -2.48. The van der Waals surface area contributed by atoms with Crippen LogP contribution >= 0.6 is 0 Å². The number of fused-ring (bicyclic) bond motifs is 1. The van der Waals surface area contributed by atoms with E-state index in [4.69, 9.17) is 4.74 Å². The van der Waals surface area contributed by atoms with Gasteiger partial charge in [-0.2, -0.15) is 4.31 Å².